The molecule has 0 heterocycles. The molecule has 0 aromatic heterocycles. The molecule has 0 unspecified atom stereocenters. The summed E-state index contributed by atoms with van der Waals surface area (Å²) in [6.45, 7) is 4.38. The van der Waals surface area contributed by atoms with E-state index < -0.39 is 27.3 Å². The highest BCUT2D eigenvalue weighted by Crippen LogP contribution is 2.18. The normalized spacial score (nSPS) is 12.0. The van der Waals surface area contributed by atoms with Crippen LogP contribution in [-0.4, -0.2) is 48.6 Å². The Morgan fingerprint density at radius 3 is 2.05 bits per heavy atom. The van der Waals surface area contributed by atoms with Crippen LogP contribution in [0, 0.1) is 0 Å². The Morgan fingerprint density at radius 2 is 1.67 bits per heavy atom. The first-order valence-corrected chi connectivity index (χ1v) is 8.03. The summed E-state index contributed by atoms with van der Waals surface area (Å²) in [7, 11) is -1.93. The minimum Gasteiger partial charge on any atom is -0.480 e. The van der Waals surface area contributed by atoms with Gasteiger partial charge in [0.15, 0.2) is 9.84 Å². The van der Waals surface area contributed by atoms with Gasteiger partial charge in [0.25, 0.3) is 5.91 Å². The average molecular weight is 313 g/mol. The molecule has 21 heavy (non-hydrogen) atoms. The molecule has 0 saturated carbocycles. The second-order valence-corrected chi connectivity index (χ2v) is 7.43. The van der Waals surface area contributed by atoms with Crippen LogP contribution in [0.3, 0.4) is 0 Å². The minimum absolute atomic E-state index is 0.0216. The van der Waals surface area contributed by atoms with E-state index in [2.05, 4.69) is 0 Å². The summed E-state index contributed by atoms with van der Waals surface area (Å²) in [5.41, 5.74) is -1.12. The van der Waals surface area contributed by atoms with Crippen molar-refractivity contribution in [3.63, 3.8) is 0 Å². The van der Waals surface area contributed by atoms with Crippen molar-refractivity contribution >= 4 is 21.7 Å². The number of likely N-dealkylation sites (N-methyl/N-ethyl adjacent to an activating group) is 1. The zero-order valence-corrected chi connectivity index (χ0v) is 13.3. The molecule has 0 radical (unpaired) electrons. The lowest BCUT2D eigenvalue weighted by atomic mass is 10.0. The summed E-state index contributed by atoms with van der Waals surface area (Å²) in [4.78, 5) is 24.6. The number of carboxylic acids is 1. The molecular formula is C14H19NO5S. The first-order valence-electron chi connectivity index (χ1n) is 6.38. The number of benzene rings is 1. The van der Waals surface area contributed by atoms with E-state index >= 15 is 0 Å². The quantitative estimate of drug-likeness (QED) is 0.887. The summed E-state index contributed by atoms with van der Waals surface area (Å²) in [5.74, 6) is -1.63. The average Bonchev–Trinajstić information content (AvgIpc) is 2.45. The van der Waals surface area contributed by atoms with Gasteiger partial charge in [-0.15, -0.1) is 0 Å². The minimum atomic E-state index is -3.32. The number of carbonyl (C=O) groups is 2. The number of nitrogens with zero attached hydrogens (tertiary/aromatic N) is 1. The molecule has 0 saturated heterocycles. The molecule has 0 fully saturated rings. The zero-order chi connectivity index (χ0) is 16.4. The Kier molecular flexibility index (Phi) is 4.78. The molecule has 1 N–H and O–H groups in total. The summed E-state index contributed by atoms with van der Waals surface area (Å²) in [6.07, 6.45) is 0. The Bertz CT molecular complexity index is 646. The maximum atomic E-state index is 12.2. The predicted octanol–water partition coefficient (Wildman–Crippen LogP) is 1.42. The van der Waals surface area contributed by atoms with E-state index in [-0.39, 0.29) is 16.2 Å². The molecule has 6 nitrogen and oxygen atoms in total. The van der Waals surface area contributed by atoms with Crippen LogP contribution in [0.4, 0.5) is 0 Å². The van der Waals surface area contributed by atoms with Gasteiger partial charge in [0, 0.05) is 12.6 Å². The number of carboxylic acid groups (broad SMARTS) is 1. The standard InChI is InChI=1S/C14H19NO5S/c1-5-21(19,20)11-8-6-10(7-9-11)12(16)15(4)14(2,3)13(17)18/h6-9H,5H2,1-4H3,(H,17,18). The molecule has 0 atom stereocenters. The Balaban J connectivity index is 3.08. The van der Waals surface area contributed by atoms with Crippen molar-refractivity contribution in [2.45, 2.75) is 31.2 Å². The van der Waals surface area contributed by atoms with Crippen molar-refractivity contribution < 1.29 is 23.1 Å². The van der Waals surface area contributed by atoms with E-state index in [0.29, 0.717) is 0 Å². The number of aliphatic carboxylic acids is 1. The molecule has 1 amide bonds. The molecule has 0 aliphatic rings. The van der Waals surface area contributed by atoms with Crippen LogP contribution in [-0.2, 0) is 14.6 Å². The molecule has 7 heteroatoms. The molecular weight excluding hydrogens is 294 g/mol. The Hall–Kier alpha value is -1.89. The van der Waals surface area contributed by atoms with Crippen LogP contribution in [0.5, 0.6) is 0 Å². The second-order valence-electron chi connectivity index (χ2n) is 5.16. The van der Waals surface area contributed by atoms with Crippen molar-refractivity contribution in [2.75, 3.05) is 12.8 Å². The van der Waals surface area contributed by atoms with E-state index in [0.717, 1.165) is 4.90 Å². The molecule has 1 aromatic carbocycles. The first kappa shape index (κ1) is 17.2. The Morgan fingerprint density at radius 1 is 1.19 bits per heavy atom. The van der Waals surface area contributed by atoms with E-state index in [1.165, 1.54) is 52.1 Å². The van der Waals surface area contributed by atoms with Crippen molar-refractivity contribution in [3.05, 3.63) is 29.8 Å². The lowest BCUT2D eigenvalue weighted by Crippen LogP contribution is -2.50. The van der Waals surface area contributed by atoms with Crippen molar-refractivity contribution in [2.24, 2.45) is 0 Å². The molecule has 0 bridgehead atoms. The summed E-state index contributed by atoms with van der Waals surface area (Å²) >= 11 is 0. The molecule has 0 aliphatic heterocycles. The highest BCUT2D eigenvalue weighted by atomic mass is 32.2. The smallest absolute Gasteiger partial charge is 0.329 e. The van der Waals surface area contributed by atoms with Gasteiger partial charge in [-0.25, -0.2) is 13.2 Å². The third kappa shape index (κ3) is 3.41. The van der Waals surface area contributed by atoms with Crippen LogP contribution < -0.4 is 0 Å². The van der Waals surface area contributed by atoms with Gasteiger partial charge < -0.3 is 10.0 Å². The number of sulfone groups is 1. The Labute approximate surface area is 124 Å². The number of hydrogen-bond acceptors (Lipinski definition) is 4. The van der Waals surface area contributed by atoms with Gasteiger partial charge in [-0.2, -0.15) is 0 Å². The van der Waals surface area contributed by atoms with Crippen LogP contribution in [0.25, 0.3) is 0 Å². The maximum absolute atomic E-state index is 12.2. The van der Waals surface area contributed by atoms with Crippen LogP contribution in [0.1, 0.15) is 31.1 Å². The number of hydrogen-bond donors (Lipinski definition) is 1. The van der Waals surface area contributed by atoms with Gasteiger partial charge in [0.1, 0.15) is 5.54 Å². The van der Waals surface area contributed by atoms with Gasteiger partial charge in [-0.1, -0.05) is 6.92 Å². The molecule has 1 rings (SSSR count). The number of carbonyl (C=O) groups excluding carboxylic acids is 1. The van der Waals surface area contributed by atoms with Crippen molar-refractivity contribution in [1.29, 1.82) is 0 Å². The molecule has 1 aromatic rings. The fraction of sp³-hybridized carbons (Fsp3) is 0.429. The fourth-order valence-corrected chi connectivity index (χ4v) is 2.45. The topological polar surface area (TPSA) is 91.8 Å². The third-order valence-electron chi connectivity index (χ3n) is 3.51. The van der Waals surface area contributed by atoms with E-state index in [1.807, 2.05) is 0 Å². The van der Waals surface area contributed by atoms with Gasteiger partial charge in [-0.05, 0) is 38.1 Å². The largest absolute Gasteiger partial charge is 0.480 e. The SMILES string of the molecule is CCS(=O)(=O)c1ccc(C(=O)N(C)C(C)(C)C(=O)O)cc1. The van der Waals surface area contributed by atoms with E-state index in [9.17, 15) is 18.0 Å². The summed E-state index contributed by atoms with van der Waals surface area (Å²) in [6, 6.07) is 5.49. The zero-order valence-electron chi connectivity index (χ0n) is 12.5. The van der Waals surface area contributed by atoms with Gasteiger partial charge in [0.2, 0.25) is 0 Å². The molecule has 116 valence electrons. The predicted molar refractivity (Wildman–Crippen MR) is 78.0 cm³/mol. The molecule has 0 spiro atoms. The van der Waals surface area contributed by atoms with Crippen LogP contribution >= 0.6 is 0 Å². The van der Waals surface area contributed by atoms with Gasteiger partial charge in [-0.3, -0.25) is 4.79 Å². The van der Waals surface area contributed by atoms with Crippen LogP contribution in [0.2, 0.25) is 0 Å². The first-order chi connectivity index (χ1) is 9.54. The molecule has 0 aliphatic carbocycles. The number of rotatable bonds is 5. The maximum Gasteiger partial charge on any atom is 0.329 e. The van der Waals surface area contributed by atoms with Crippen LogP contribution in [0.15, 0.2) is 29.2 Å². The van der Waals surface area contributed by atoms with Crippen molar-refractivity contribution in [1.82, 2.24) is 4.90 Å². The van der Waals surface area contributed by atoms with Crippen molar-refractivity contribution in [3.8, 4) is 0 Å². The fourth-order valence-electron chi connectivity index (χ4n) is 1.56. The highest BCUT2D eigenvalue weighted by molar-refractivity contribution is 7.91. The summed E-state index contributed by atoms with van der Waals surface area (Å²) in [5, 5.41) is 9.12. The highest BCUT2D eigenvalue weighted by Gasteiger charge is 2.35. The third-order valence-corrected chi connectivity index (χ3v) is 5.26. The van der Waals surface area contributed by atoms with Gasteiger partial charge in [0.05, 0.1) is 10.6 Å². The van der Waals surface area contributed by atoms with Gasteiger partial charge >= 0.3 is 5.97 Å². The van der Waals surface area contributed by atoms with E-state index in [1.54, 1.807) is 0 Å². The lowest BCUT2D eigenvalue weighted by molar-refractivity contribution is -0.147. The summed E-state index contributed by atoms with van der Waals surface area (Å²) < 4.78 is 23.4. The lowest BCUT2D eigenvalue weighted by Gasteiger charge is -2.31. The monoisotopic (exact) mass is 313 g/mol. The van der Waals surface area contributed by atoms with E-state index in [4.69, 9.17) is 5.11 Å². The number of amides is 1. The second kappa shape index (κ2) is 5.85.